The fourth-order valence-corrected chi connectivity index (χ4v) is 2.75. The lowest BCUT2D eigenvalue weighted by Crippen LogP contribution is -2.43. The van der Waals surface area contributed by atoms with Crippen molar-refractivity contribution < 1.29 is 27.9 Å². The molecule has 0 saturated heterocycles. The average Bonchev–Trinajstić information content (AvgIpc) is 3.32. The fourth-order valence-electron chi connectivity index (χ4n) is 2.75. The van der Waals surface area contributed by atoms with Crippen molar-refractivity contribution >= 4 is 11.9 Å². The molecule has 2 saturated carbocycles. The monoisotopic (exact) mass is 313 g/mol. The molecule has 0 radical (unpaired) electrons. The van der Waals surface area contributed by atoms with Gasteiger partial charge in [0.25, 0.3) is 0 Å². The summed E-state index contributed by atoms with van der Waals surface area (Å²) in [5.41, 5.74) is -1.82. The number of hydrogen-bond donors (Lipinski definition) is 2. The van der Waals surface area contributed by atoms with E-state index in [1.165, 1.54) is 18.2 Å². The minimum Gasteiger partial charge on any atom is -0.480 e. The summed E-state index contributed by atoms with van der Waals surface area (Å²) in [5, 5.41) is 11.5. The Morgan fingerprint density at radius 1 is 1.23 bits per heavy atom. The van der Waals surface area contributed by atoms with E-state index in [0.717, 1.165) is 6.07 Å². The molecule has 22 heavy (non-hydrogen) atoms. The molecule has 0 heterocycles. The number of aliphatic carboxylic acids is 1. The standard InChI is InChI=1S/C15H14F3NO3/c16-15(17,18)11-4-2-1-3-8(11)9-7-10(9)12(20)19-14(5-6-14)13(21)22/h1-4,9-10H,5-7H2,(H,19,20)(H,21,22)/t9-,10-/m1/s1. The van der Waals surface area contributed by atoms with Gasteiger partial charge >= 0.3 is 12.1 Å². The fraction of sp³-hybridized carbons (Fsp3) is 0.467. The van der Waals surface area contributed by atoms with Crippen molar-refractivity contribution in [3.8, 4) is 0 Å². The number of rotatable bonds is 4. The van der Waals surface area contributed by atoms with Crippen molar-refractivity contribution in [3.05, 3.63) is 35.4 Å². The van der Waals surface area contributed by atoms with E-state index in [2.05, 4.69) is 5.32 Å². The summed E-state index contributed by atoms with van der Waals surface area (Å²) in [6, 6.07) is 5.21. The number of hydrogen-bond acceptors (Lipinski definition) is 2. The van der Waals surface area contributed by atoms with E-state index in [1.54, 1.807) is 0 Å². The first-order valence-electron chi connectivity index (χ1n) is 6.96. The highest BCUT2D eigenvalue weighted by molar-refractivity contribution is 5.92. The second-order valence-electron chi connectivity index (χ2n) is 5.91. The van der Waals surface area contributed by atoms with E-state index in [4.69, 9.17) is 5.11 Å². The molecule has 2 atom stereocenters. The second-order valence-corrected chi connectivity index (χ2v) is 5.91. The van der Waals surface area contributed by atoms with Gasteiger partial charge in [0.15, 0.2) is 0 Å². The first kappa shape index (κ1) is 14.9. The van der Waals surface area contributed by atoms with Crippen molar-refractivity contribution in [1.82, 2.24) is 5.32 Å². The number of carbonyl (C=O) groups excluding carboxylic acids is 1. The molecular formula is C15H14F3NO3. The van der Waals surface area contributed by atoms with Crippen LogP contribution in [-0.2, 0) is 15.8 Å². The summed E-state index contributed by atoms with van der Waals surface area (Å²) in [6.07, 6.45) is -3.41. The van der Waals surface area contributed by atoms with Gasteiger partial charge in [-0.15, -0.1) is 0 Å². The summed E-state index contributed by atoms with van der Waals surface area (Å²) in [5.74, 6) is -2.64. The van der Waals surface area contributed by atoms with Gasteiger partial charge in [0, 0.05) is 5.92 Å². The number of benzene rings is 1. The SMILES string of the molecule is O=C(NC1(C(=O)O)CC1)[C@@H]1C[C@@H]1c1ccccc1C(F)(F)F. The van der Waals surface area contributed by atoms with Crippen LogP contribution in [0.4, 0.5) is 13.2 Å². The van der Waals surface area contributed by atoms with Gasteiger partial charge in [-0.2, -0.15) is 13.2 Å². The largest absolute Gasteiger partial charge is 0.480 e. The third-order valence-electron chi connectivity index (χ3n) is 4.31. The van der Waals surface area contributed by atoms with E-state index < -0.39 is 41.0 Å². The number of carbonyl (C=O) groups is 2. The van der Waals surface area contributed by atoms with E-state index in [0.29, 0.717) is 19.3 Å². The number of carboxylic acid groups (broad SMARTS) is 1. The van der Waals surface area contributed by atoms with Crippen molar-refractivity contribution in [1.29, 1.82) is 0 Å². The van der Waals surface area contributed by atoms with Crippen LogP contribution in [0, 0.1) is 5.92 Å². The molecular weight excluding hydrogens is 299 g/mol. The molecule has 7 heteroatoms. The zero-order valence-electron chi connectivity index (χ0n) is 11.5. The Balaban J connectivity index is 1.73. The van der Waals surface area contributed by atoms with Crippen LogP contribution < -0.4 is 5.32 Å². The topological polar surface area (TPSA) is 66.4 Å². The molecule has 118 valence electrons. The number of halogens is 3. The van der Waals surface area contributed by atoms with Crippen LogP contribution in [0.3, 0.4) is 0 Å². The molecule has 1 aromatic carbocycles. The number of amides is 1. The van der Waals surface area contributed by atoms with Crippen LogP contribution in [0.25, 0.3) is 0 Å². The summed E-state index contributed by atoms with van der Waals surface area (Å²) >= 11 is 0. The van der Waals surface area contributed by atoms with Gasteiger partial charge in [0.2, 0.25) is 5.91 Å². The highest BCUT2D eigenvalue weighted by atomic mass is 19.4. The van der Waals surface area contributed by atoms with Gasteiger partial charge in [-0.05, 0) is 36.8 Å². The Bertz CT molecular complexity index is 637. The maximum Gasteiger partial charge on any atom is 0.416 e. The zero-order chi connectivity index (χ0) is 16.1. The first-order valence-corrected chi connectivity index (χ1v) is 6.96. The predicted molar refractivity (Wildman–Crippen MR) is 70.0 cm³/mol. The quantitative estimate of drug-likeness (QED) is 0.898. The van der Waals surface area contributed by atoms with Crippen molar-refractivity contribution in [2.75, 3.05) is 0 Å². The molecule has 1 amide bonds. The number of nitrogens with one attached hydrogen (secondary N) is 1. The second kappa shape index (κ2) is 4.72. The van der Waals surface area contributed by atoms with Crippen molar-refractivity contribution in [3.63, 3.8) is 0 Å². The smallest absolute Gasteiger partial charge is 0.416 e. The lowest BCUT2D eigenvalue weighted by Gasteiger charge is -2.14. The van der Waals surface area contributed by atoms with Crippen LogP contribution in [0.1, 0.15) is 36.3 Å². The normalized spacial score (nSPS) is 25.4. The lowest BCUT2D eigenvalue weighted by molar-refractivity contribution is -0.143. The summed E-state index contributed by atoms with van der Waals surface area (Å²) in [6.45, 7) is 0. The highest BCUT2D eigenvalue weighted by Gasteiger charge is 2.55. The Morgan fingerprint density at radius 3 is 2.41 bits per heavy atom. The minimum atomic E-state index is -4.46. The Kier molecular flexibility index (Phi) is 3.19. The van der Waals surface area contributed by atoms with Gasteiger partial charge in [0.1, 0.15) is 5.54 Å². The summed E-state index contributed by atoms with van der Waals surface area (Å²) < 4.78 is 38.9. The van der Waals surface area contributed by atoms with E-state index in [9.17, 15) is 22.8 Å². The van der Waals surface area contributed by atoms with Crippen LogP contribution in [-0.4, -0.2) is 22.5 Å². The van der Waals surface area contributed by atoms with Crippen LogP contribution in [0.15, 0.2) is 24.3 Å². The van der Waals surface area contributed by atoms with Crippen LogP contribution >= 0.6 is 0 Å². The highest BCUT2D eigenvalue weighted by Crippen LogP contribution is 2.51. The molecule has 2 aliphatic carbocycles. The molecule has 2 fully saturated rings. The van der Waals surface area contributed by atoms with Gasteiger partial charge in [-0.25, -0.2) is 4.79 Å². The molecule has 3 rings (SSSR count). The summed E-state index contributed by atoms with van der Waals surface area (Å²) in [7, 11) is 0. The predicted octanol–water partition coefficient (Wildman–Crippen LogP) is 2.54. The van der Waals surface area contributed by atoms with E-state index in [-0.39, 0.29) is 5.56 Å². The van der Waals surface area contributed by atoms with Crippen LogP contribution in [0.5, 0.6) is 0 Å². The Morgan fingerprint density at radius 2 is 1.86 bits per heavy atom. The van der Waals surface area contributed by atoms with Crippen molar-refractivity contribution in [2.45, 2.75) is 36.9 Å². The molecule has 0 bridgehead atoms. The third kappa shape index (κ3) is 2.55. The van der Waals surface area contributed by atoms with Crippen molar-refractivity contribution in [2.24, 2.45) is 5.92 Å². The third-order valence-corrected chi connectivity index (χ3v) is 4.31. The van der Waals surface area contributed by atoms with Gasteiger partial charge < -0.3 is 10.4 Å². The molecule has 4 nitrogen and oxygen atoms in total. The lowest BCUT2D eigenvalue weighted by atomic mass is 10.0. The molecule has 2 N–H and O–H groups in total. The van der Waals surface area contributed by atoms with E-state index >= 15 is 0 Å². The maximum atomic E-state index is 13.0. The maximum absolute atomic E-state index is 13.0. The summed E-state index contributed by atoms with van der Waals surface area (Å²) in [4.78, 5) is 23.1. The minimum absolute atomic E-state index is 0.107. The molecule has 0 aromatic heterocycles. The zero-order valence-corrected chi connectivity index (χ0v) is 11.5. The Hall–Kier alpha value is -2.05. The molecule has 0 spiro atoms. The van der Waals surface area contributed by atoms with Crippen LogP contribution in [0.2, 0.25) is 0 Å². The molecule has 0 aliphatic heterocycles. The average molecular weight is 313 g/mol. The number of carboxylic acids is 1. The molecule has 0 unspecified atom stereocenters. The van der Waals surface area contributed by atoms with Gasteiger partial charge in [0.05, 0.1) is 5.56 Å². The first-order chi connectivity index (χ1) is 10.2. The van der Waals surface area contributed by atoms with Gasteiger partial charge in [-0.3, -0.25) is 4.79 Å². The molecule has 1 aromatic rings. The van der Waals surface area contributed by atoms with E-state index in [1.807, 2.05) is 0 Å². The Labute approximate surface area is 124 Å². The number of alkyl halides is 3. The molecule has 2 aliphatic rings. The van der Waals surface area contributed by atoms with Gasteiger partial charge in [-0.1, -0.05) is 18.2 Å².